The van der Waals surface area contributed by atoms with Crippen molar-refractivity contribution in [2.45, 2.75) is 45.4 Å². The van der Waals surface area contributed by atoms with E-state index in [0.29, 0.717) is 0 Å². The molecule has 1 aromatic carbocycles. The fourth-order valence-corrected chi connectivity index (χ4v) is 3.71. The monoisotopic (exact) mass is 304 g/mol. The minimum atomic E-state index is 0.0620. The molecule has 0 aliphatic carbocycles. The van der Waals surface area contributed by atoms with Gasteiger partial charge in [-0.3, -0.25) is 9.98 Å². The summed E-state index contributed by atoms with van der Waals surface area (Å²) >= 11 is 0. The van der Waals surface area contributed by atoms with E-state index in [1.807, 2.05) is 12.2 Å². The van der Waals surface area contributed by atoms with E-state index in [0.717, 1.165) is 41.5 Å². The fraction of sp³-hybridized carbons (Fsp3) is 0.333. The van der Waals surface area contributed by atoms with Gasteiger partial charge in [0, 0.05) is 22.2 Å². The fourth-order valence-electron chi connectivity index (χ4n) is 3.71. The maximum Gasteiger partial charge on any atom is 0.0964 e. The van der Waals surface area contributed by atoms with Gasteiger partial charge < -0.3 is 0 Å². The normalized spacial score (nSPS) is 20.0. The zero-order chi connectivity index (χ0) is 16.6. The molecule has 0 radical (unpaired) electrons. The Morgan fingerprint density at radius 2 is 2.00 bits per heavy atom. The van der Waals surface area contributed by atoms with Crippen LogP contribution in [0.2, 0.25) is 0 Å². The van der Waals surface area contributed by atoms with Crippen molar-refractivity contribution in [3.8, 4) is 0 Å². The third kappa shape index (κ3) is 2.63. The summed E-state index contributed by atoms with van der Waals surface area (Å²) in [5.41, 5.74) is 6.88. The molecule has 0 saturated heterocycles. The van der Waals surface area contributed by atoms with Gasteiger partial charge in [-0.25, -0.2) is 0 Å². The van der Waals surface area contributed by atoms with Crippen LogP contribution in [0.15, 0.2) is 48.5 Å². The van der Waals surface area contributed by atoms with Crippen LogP contribution in [-0.4, -0.2) is 10.7 Å². The van der Waals surface area contributed by atoms with E-state index < -0.39 is 0 Å². The molecular weight excluding hydrogens is 280 g/mol. The van der Waals surface area contributed by atoms with Crippen molar-refractivity contribution < 1.29 is 0 Å². The summed E-state index contributed by atoms with van der Waals surface area (Å²) in [6.45, 7) is 14.3. The van der Waals surface area contributed by atoms with Gasteiger partial charge in [0.15, 0.2) is 0 Å². The quantitative estimate of drug-likeness (QED) is 0.675. The first-order valence-corrected chi connectivity index (χ1v) is 8.18. The molecule has 1 atom stereocenters. The summed E-state index contributed by atoms with van der Waals surface area (Å²) in [6, 6.07) is 6.64. The lowest BCUT2D eigenvalue weighted by atomic mass is 9.73. The molecule has 0 bridgehead atoms. The van der Waals surface area contributed by atoms with E-state index in [4.69, 9.17) is 9.98 Å². The number of benzene rings is 1. The predicted octanol–water partition coefficient (Wildman–Crippen LogP) is 5.60. The third-order valence-electron chi connectivity index (χ3n) is 4.81. The topological polar surface area (TPSA) is 25.2 Å². The zero-order valence-corrected chi connectivity index (χ0v) is 14.3. The van der Waals surface area contributed by atoms with Gasteiger partial charge in [0.1, 0.15) is 0 Å². The molecule has 2 heterocycles. The molecular formula is C21H24N2. The number of pyridine rings is 1. The van der Waals surface area contributed by atoms with Gasteiger partial charge in [-0.2, -0.15) is 0 Å². The highest BCUT2D eigenvalue weighted by molar-refractivity contribution is 5.98. The summed E-state index contributed by atoms with van der Waals surface area (Å²) in [7, 11) is 0. The summed E-state index contributed by atoms with van der Waals surface area (Å²) in [5, 5.41) is 1.16. The molecule has 2 nitrogen and oxygen atoms in total. The molecule has 0 saturated carbocycles. The lowest BCUT2D eigenvalue weighted by Gasteiger charge is -2.34. The van der Waals surface area contributed by atoms with Crippen LogP contribution in [0, 0.1) is 6.92 Å². The van der Waals surface area contributed by atoms with Gasteiger partial charge in [0.05, 0.1) is 11.2 Å². The molecule has 1 aliphatic rings. The second kappa shape index (κ2) is 5.77. The lowest BCUT2D eigenvalue weighted by Crippen LogP contribution is -2.27. The number of aromatic nitrogens is 1. The van der Waals surface area contributed by atoms with Gasteiger partial charge in [-0.05, 0) is 50.3 Å². The van der Waals surface area contributed by atoms with Crippen molar-refractivity contribution in [2.24, 2.45) is 4.99 Å². The minimum absolute atomic E-state index is 0.0620. The van der Waals surface area contributed by atoms with Crippen molar-refractivity contribution in [3.05, 3.63) is 60.3 Å². The largest absolute Gasteiger partial charge is 0.255 e. The van der Waals surface area contributed by atoms with Crippen LogP contribution in [0.25, 0.3) is 10.9 Å². The maximum atomic E-state index is 4.89. The number of allylic oxidation sites excluding steroid dienone is 2. The highest BCUT2D eigenvalue weighted by atomic mass is 14.8. The highest BCUT2D eigenvalue weighted by Gasteiger charge is 2.33. The molecule has 1 aromatic heterocycles. The van der Waals surface area contributed by atoms with Crippen molar-refractivity contribution >= 4 is 22.3 Å². The van der Waals surface area contributed by atoms with E-state index in [-0.39, 0.29) is 5.41 Å². The Hall–Kier alpha value is -2.22. The first-order chi connectivity index (χ1) is 11.0. The molecule has 1 unspecified atom stereocenters. The van der Waals surface area contributed by atoms with E-state index in [9.17, 15) is 0 Å². The van der Waals surface area contributed by atoms with Crippen LogP contribution in [0.4, 0.5) is 5.69 Å². The highest BCUT2D eigenvalue weighted by Crippen LogP contribution is 2.45. The molecule has 0 fully saturated rings. The summed E-state index contributed by atoms with van der Waals surface area (Å²) in [4.78, 5) is 9.76. The molecule has 3 rings (SSSR count). The van der Waals surface area contributed by atoms with Crippen LogP contribution in [0.5, 0.6) is 0 Å². The molecule has 0 spiro atoms. The number of nitrogens with zero attached hydrogens (tertiary/aromatic N) is 2. The Labute approximate surface area is 138 Å². The smallest absolute Gasteiger partial charge is 0.0964 e. The third-order valence-corrected chi connectivity index (χ3v) is 4.81. The first kappa shape index (κ1) is 15.7. The lowest BCUT2D eigenvalue weighted by molar-refractivity contribution is 0.494. The van der Waals surface area contributed by atoms with Gasteiger partial charge in [0.25, 0.3) is 0 Å². The molecule has 2 heteroatoms. The molecule has 1 aliphatic heterocycles. The molecule has 0 N–H and O–H groups in total. The zero-order valence-electron chi connectivity index (χ0n) is 14.3. The van der Waals surface area contributed by atoms with Crippen LogP contribution < -0.4 is 0 Å². The van der Waals surface area contributed by atoms with E-state index in [1.54, 1.807) is 0 Å². The predicted molar refractivity (Wildman–Crippen MR) is 99.9 cm³/mol. The maximum absolute atomic E-state index is 4.89. The van der Waals surface area contributed by atoms with Gasteiger partial charge in [-0.15, -0.1) is 13.2 Å². The number of fused-ring (bicyclic) bond motifs is 3. The Morgan fingerprint density at radius 3 is 2.70 bits per heavy atom. The molecule has 118 valence electrons. The first-order valence-electron chi connectivity index (χ1n) is 8.18. The Kier molecular flexibility index (Phi) is 3.93. The molecule has 23 heavy (non-hydrogen) atoms. The van der Waals surface area contributed by atoms with Crippen LogP contribution in [0.3, 0.4) is 0 Å². The van der Waals surface area contributed by atoms with E-state index in [1.165, 1.54) is 16.8 Å². The van der Waals surface area contributed by atoms with Crippen molar-refractivity contribution in [2.75, 3.05) is 0 Å². The summed E-state index contributed by atoms with van der Waals surface area (Å²) in [5.74, 6) is 0. The van der Waals surface area contributed by atoms with E-state index in [2.05, 4.69) is 52.1 Å². The van der Waals surface area contributed by atoms with Crippen molar-refractivity contribution in [1.82, 2.24) is 4.98 Å². The van der Waals surface area contributed by atoms with Gasteiger partial charge >= 0.3 is 0 Å². The van der Waals surface area contributed by atoms with Crippen molar-refractivity contribution in [3.63, 3.8) is 0 Å². The number of aliphatic imine (C=N–C) groups is 1. The van der Waals surface area contributed by atoms with Crippen LogP contribution >= 0.6 is 0 Å². The molecule has 0 amide bonds. The van der Waals surface area contributed by atoms with Gasteiger partial charge in [0.2, 0.25) is 0 Å². The van der Waals surface area contributed by atoms with E-state index >= 15 is 0 Å². The number of rotatable bonds is 4. The van der Waals surface area contributed by atoms with Crippen LogP contribution in [0.1, 0.15) is 43.5 Å². The Balaban J connectivity index is 2.29. The van der Waals surface area contributed by atoms with Crippen molar-refractivity contribution in [1.29, 1.82) is 0 Å². The Morgan fingerprint density at radius 1 is 1.22 bits per heavy atom. The average molecular weight is 304 g/mol. The second-order valence-corrected chi connectivity index (χ2v) is 6.84. The second-order valence-electron chi connectivity index (χ2n) is 6.84. The summed E-state index contributed by atoms with van der Waals surface area (Å²) in [6.07, 6.45) is 6.72. The minimum Gasteiger partial charge on any atom is -0.255 e. The average Bonchev–Trinajstić information content (AvgIpc) is 2.48. The number of hydrogen-bond donors (Lipinski definition) is 0. The molecule has 2 aromatic rings. The standard InChI is InChI=1S/C21H24N2/c1-6-8-16-12-17-9-10-18-20(19(17)23-15(16)4)22-14(3)13-21(18,5)11-7-2/h6-7,9-10,12H,1-2,8,11,13H2,3-5H3. The number of aryl methyl sites for hydroxylation is 1. The SMILES string of the molecule is C=CCc1cc2ccc3c(c2nc1C)N=C(C)CC3(C)CC=C. The summed E-state index contributed by atoms with van der Waals surface area (Å²) < 4.78 is 0. The Bertz CT molecular complexity index is 829. The van der Waals surface area contributed by atoms with Crippen LogP contribution in [-0.2, 0) is 11.8 Å². The van der Waals surface area contributed by atoms with Gasteiger partial charge in [-0.1, -0.05) is 31.2 Å². The number of hydrogen-bond acceptors (Lipinski definition) is 2.